The molecule has 1 aliphatic heterocycles. The lowest BCUT2D eigenvalue weighted by atomic mass is 10.1. The summed E-state index contributed by atoms with van der Waals surface area (Å²) in [5.41, 5.74) is 2.71. The second kappa shape index (κ2) is 4.34. The Kier molecular flexibility index (Phi) is 2.80. The van der Waals surface area contributed by atoms with Crippen LogP contribution in [-0.4, -0.2) is 15.3 Å². The molecule has 0 aliphatic carbocycles. The topological polar surface area (TPSA) is 29.9 Å². The largest absolute Gasteiger partial charge is 0.351 e. The van der Waals surface area contributed by atoms with Gasteiger partial charge < -0.3 is 5.32 Å². The predicted molar refractivity (Wildman–Crippen MR) is 75.1 cm³/mol. The van der Waals surface area contributed by atoms with Gasteiger partial charge in [0.2, 0.25) is 0 Å². The van der Waals surface area contributed by atoms with Gasteiger partial charge in [0.25, 0.3) is 0 Å². The van der Waals surface area contributed by atoms with Crippen LogP contribution in [-0.2, 0) is 0 Å². The lowest BCUT2D eigenvalue weighted by Crippen LogP contribution is -2.20. The zero-order valence-corrected chi connectivity index (χ0v) is 11.2. The highest BCUT2D eigenvalue weighted by Crippen LogP contribution is 2.29. The highest BCUT2D eigenvalue weighted by atomic mass is 35.5. The molecule has 0 spiro atoms. The lowest BCUT2D eigenvalue weighted by Gasteiger charge is -2.21. The van der Waals surface area contributed by atoms with Crippen molar-refractivity contribution in [3.8, 4) is 0 Å². The molecule has 3 nitrogen and oxygen atoms in total. The van der Waals surface area contributed by atoms with Gasteiger partial charge in [-0.2, -0.15) is 5.10 Å². The van der Waals surface area contributed by atoms with Gasteiger partial charge in [0.15, 0.2) is 0 Å². The van der Waals surface area contributed by atoms with E-state index in [0.717, 1.165) is 22.8 Å². The second-order valence-electron chi connectivity index (χ2n) is 4.19. The molecule has 0 amide bonds. The van der Waals surface area contributed by atoms with Crippen LogP contribution >= 0.6 is 23.2 Å². The molecule has 1 atom stereocenters. The molecule has 1 N–H and O–H groups in total. The summed E-state index contributed by atoms with van der Waals surface area (Å²) in [6.07, 6.45) is 1.93. The summed E-state index contributed by atoms with van der Waals surface area (Å²) >= 11 is 12.1. The van der Waals surface area contributed by atoms with Crippen molar-refractivity contribution in [3.63, 3.8) is 0 Å². The van der Waals surface area contributed by atoms with Crippen molar-refractivity contribution in [1.82, 2.24) is 9.78 Å². The summed E-state index contributed by atoms with van der Waals surface area (Å²) in [6.45, 7) is 1.95. The molecular formula is C13H11Cl2N3. The molecule has 1 aromatic heterocycles. The molecule has 3 rings (SSSR count). The number of anilines is 1. The minimum absolute atomic E-state index is 0.237. The summed E-state index contributed by atoms with van der Waals surface area (Å²) < 4.78 is 1.86. The molecule has 0 fully saturated rings. The van der Waals surface area contributed by atoms with E-state index in [9.17, 15) is 0 Å². The van der Waals surface area contributed by atoms with E-state index in [1.807, 2.05) is 48.0 Å². The van der Waals surface area contributed by atoms with E-state index in [2.05, 4.69) is 10.4 Å². The fraction of sp³-hybridized carbons (Fsp3) is 0.154. The fourth-order valence-electron chi connectivity index (χ4n) is 2.02. The Balaban J connectivity index is 2.12. The van der Waals surface area contributed by atoms with Crippen LogP contribution < -0.4 is 5.32 Å². The Hall–Kier alpha value is -1.45. The monoisotopic (exact) mass is 279 g/mol. The van der Waals surface area contributed by atoms with Crippen molar-refractivity contribution < 1.29 is 0 Å². The van der Waals surface area contributed by atoms with Gasteiger partial charge in [-0.3, -0.25) is 0 Å². The molecule has 0 saturated heterocycles. The van der Waals surface area contributed by atoms with Gasteiger partial charge in [-0.25, -0.2) is 4.68 Å². The maximum atomic E-state index is 6.17. The average Bonchev–Trinajstić information content (AvgIpc) is 2.69. The normalized spacial score (nSPS) is 17.9. The molecule has 5 heteroatoms. The Labute approximate surface area is 115 Å². The third kappa shape index (κ3) is 2.00. The van der Waals surface area contributed by atoms with Crippen LogP contribution in [0, 0.1) is 6.92 Å². The average molecular weight is 280 g/mol. The molecule has 1 unspecified atom stereocenters. The number of nitrogens with zero attached hydrogens (tertiary/aromatic N) is 2. The van der Waals surface area contributed by atoms with E-state index < -0.39 is 0 Å². The smallest absolute Gasteiger partial charge is 0.131 e. The van der Waals surface area contributed by atoms with Crippen LogP contribution in [0.3, 0.4) is 0 Å². The standard InChI is InChI=1S/C13H11Cl2N3/c1-8-6-13-16-12(15)7-11(18(13)17-8)9-2-4-10(14)5-3-9/h2-7,12,16H,1H3. The molecule has 1 aliphatic rings. The highest BCUT2D eigenvalue weighted by Gasteiger charge is 2.19. The summed E-state index contributed by atoms with van der Waals surface area (Å²) in [5.74, 6) is 0.903. The molecule has 2 heterocycles. The van der Waals surface area contributed by atoms with Crippen LogP contribution in [0.2, 0.25) is 5.02 Å². The van der Waals surface area contributed by atoms with Gasteiger partial charge in [0, 0.05) is 16.7 Å². The summed E-state index contributed by atoms with van der Waals surface area (Å²) in [5, 5.41) is 8.33. The number of fused-ring (bicyclic) bond motifs is 1. The first-order valence-corrected chi connectivity index (χ1v) is 6.40. The number of aromatic nitrogens is 2. The van der Waals surface area contributed by atoms with Crippen LogP contribution in [0.5, 0.6) is 0 Å². The Morgan fingerprint density at radius 2 is 2.00 bits per heavy atom. The van der Waals surface area contributed by atoms with E-state index >= 15 is 0 Å². The van der Waals surface area contributed by atoms with Crippen molar-refractivity contribution in [2.24, 2.45) is 0 Å². The fourth-order valence-corrected chi connectivity index (χ4v) is 2.37. The number of nitrogens with one attached hydrogen (secondary N) is 1. The van der Waals surface area contributed by atoms with Crippen molar-refractivity contribution in [2.75, 3.05) is 5.32 Å². The Bertz CT molecular complexity index is 614. The second-order valence-corrected chi connectivity index (χ2v) is 5.09. The first-order chi connectivity index (χ1) is 8.63. The van der Waals surface area contributed by atoms with E-state index in [4.69, 9.17) is 23.2 Å². The maximum absolute atomic E-state index is 6.17. The van der Waals surface area contributed by atoms with Crippen LogP contribution in [0.1, 0.15) is 11.3 Å². The third-order valence-corrected chi connectivity index (χ3v) is 3.28. The molecule has 18 heavy (non-hydrogen) atoms. The van der Waals surface area contributed by atoms with E-state index in [1.165, 1.54) is 0 Å². The number of hydrogen-bond donors (Lipinski definition) is 1. The first-order valence-electron chi connectivity index (χ1n) is 5.59. The molecule has 1 aromatic carbocycles. The Morgan fingerprint density at radius 3 is 2.72 bits per heavy atom. The van der Waals surface area contributed by atoms with Crippen molar-refractivity contribution in [1.29, 1.82) is 0 Å². The van der Waals surface area contributed by atoms with E-state index in [-0.39, 0.29) is 5.50 Å². The minimum atomic E-state index is -0.237. The molecule has 92 valence electrons. The number of alkyl halides is 1. The van der Waals surface area contributed by atoms with Crippen molar-refractivity contribution >= 4 is 34.7 Å². The van der Waals surface area contributed by atoms with Gasteiger partial charge in [-0.15, -0.1) is 0 Å². The zero-order chi connectivity index (χ0) is 12.7. The highest BCUT2D eigenvalue weighted by molar-refractivity contribution is 6.30. The summed E-state index contributed by atoms with van der Waals surface area (Å²) in [6, 6.07) is 9.62. The Morgan fingerprint density at radius 1 is 1.28 bits per heavy atom. The van der Waals surface area contributed by atoms with Gasteiger partial charge in [0.05, 0.1) is 11.4 Å². The van der Waals surface area contributed by atoms with Crippen LogP contribution in [0.4, 0.5) is 5.82 Å². The minimum Gasteiger partial charge on any atom is -0.351 e. The first kappa shape index (κ1) is 11.6. The predicted octanol–water partition coefficient (Wildman–Crippen LogP) is 3.72. The number of aryl methyl sites for hydroxylation is 1. The molecule has 0 radical (unpaired) electrons. The van der Waals surface area contributed by atoms with Crippen molar-refractivity contribution in [3.05, 3.63) is 52.7 Å². The number of benzene rings is 1. The number of halogens is 2. The molecule has 0 bridgehead atoms. The van der Waals surface area contributed by atoms with Gasteiger partial charge >= 0.3 is 0 Å². The van der Waals surface area contributed by atoms with Gasteiger partial charge in [-0.05, 0) is 25.1 Å². The SMILES string of the molecule is Cc1cc2n(n1)C(c1ccc(Cl)cc1)=CC(Cl)N2. The lowest BCUT2D eigenvalue weighted by molar-refractivity contribution is 0.862. The van der Waals surface area contributed by atoms with Crippen LogP contribution in [0.25, 0.3) is 5.70 Å². The van der Waals surface area contributed by atoms with Crippen molar-refractivity contribution in [2.45, 2.75) is 12.4 Å². The van der Waals surface area contributed by atoms with E-state index in [1.54, 1.807) is 0 Å². The molecular weight excluding hydrogens is 269 g/mol. The van der Waals surface area contributed by atoms with Crippen LogP contribution in [0.15, 0.2) is 36.4 Å². The van der Waals surface area contributed by atoms with Gasteiger partial charge in [-0.1, -0.05) is 35.3 Å². The summed E-state index contributed by atoms with van der Waals surface area (Å²) in [7, 11) is 0. The van der Waals surface area contributed by atoms with Gasteiger partial charge in [0.1, 0.15) is 11.3 Å². The third-order valence-electron chi connectivity index (χ3n) is 2.79. The molecule has 0 saturated carbocycles. The van der Waals surface area contributed by atoms with E-state index in [0.29, 0.717) is 5.02 Å². The zero-order valence-electron chi connectivity index (χ0n) is 9.69. The molecule has 2 aromatic rings. The number of hydrogen-bond acceptors (Lipinski definition) is 2. The quantitative estimate of drug-likeness (QED) is 0.637. The summed E-state index contributed by atoms with van der Waals surface area (Å²) in [4.78, 5) is 0. The number of rotatable bonds is 1. The maximum Gasteiger partial charge on any atom is 0.131 e.